The molecule has 1 aromatic carbocycles. The topological polar surface area (TPSA) is 45.7 Å². The Labute approximate surface area is 136 Å². The summed E-state index contributed by atoms with van der Waals surface area (Å²) in [7, 11) is 0. The lowest BCUT2D eigenvalue weighted by molar-refractivity contribution is 0.105. The molecule has 5 heteroatoms. The van der Waals surface area contributed by atoms with Crippen LogP contribution in [-0.2, 0) is 4.74 Å². The molecule has 1 aromatic heterocycles. The number of pyridine rings is 1. The first-order valence-corrected chi connectivity index (χ1v) is 7.96. The highest BCUT2D eigenvalue weighted by Crippen LogP contribution is 2.23. The van der Waals surface area contributed by atoms with Gasteiger partial charge in [-0.1, -0.05) is 30.3 Å². The van der Waals surface area contributed by atoms with Gasteiger partial charge >= 0.3 is 6.09 Å². The monoisotopic (exact) mass is 311 g/mol. The van der Waals surface area contributed by atoms with E-state index in [1.807, 2.05) is 37.4 Å². The molecule has 5 nitrogen and oxygen atoms in total. The summed E-state index contributed by atoms with van der Waals surface area (Å²) in [5.41, 5.74) is 2.34. The van der Waals surface area contributed by atoms with E-state index in [0.29, 0.717) is 19.7 Å². The standard InChI is InChI=1S/C18H21N3O2/c1-2-23-18(22)21-12-10-20(11-13-21)17-14-16(8-9-19-17)15-6-4-3-5-7-15/h3-9,14H,2,10-13H2,1H3. The number of piperazine rings is 1. The van der Waals surface area contributed by atoms with Crippen molar-refractivity contribution in [1.82, 2.24) is 9.88 Å². The fraction of sp³-hybridized carbons (Fsp3) is 0.333. The van der Waals surface area contributed by atoms with Crippen LogP contribution in [0.25, 0.3) is 11.1 Å². The van der Waals surface area contributed by atoms with Crippen molar-refractivity contribution in [1.29, 1.82) is 0 Å². The van der Waals surface area contributed by atoms with Crippen molar-refractivity contribution >= 4 is 11.9 Å². The molecular weight excluding hydrogens is 290 g/mol. The molecule has 2 aromatic rings. The Kier molecular flexibility index (Phi) is 4.76. The Balaban J connectivity index is 1.68. The van der Waals surface area contributed by atoms with Crippen molar-refractivity contribution in [2.24, 2.45) is 0 Å². The van der Waals surface area contributed by atoms with Crippen LogP contribution < -0.4 is 4.90 Å². The van der Waals surface area contributed by atoms with E-state index in [-0.39, 0.29) is 6.09 Å². The third-order valence-electron chi connectivity index (χ3n) is 3.98. The number of ether oxygens (including phenoxy) is 1. The number of anilines is 1. The van der Waals surface area contributed by atoms with Gasteiger partial charge in [0.2, 0.25) is 0 Å². The molecule has 0 atom stereocenters. The summed E-state index contributed by atoms with van der Waals surface area (Å²) in [5, 5.41) is 0. The highest BCUT2D eigenvalue weighted by atomic mass is 16.6. The van der Waals surface area contributed by atoms with Crippen LogP contribution in [0.1, 0.15) is 6.92 Å². The highest BCUT2D eigenvalue weighted by Gasteiger charge is 2.22. The van der Waals surface area contributed by atoms with E-state index >= 15 is 0 Å². The number of carbonyl (C=O) groups excluding carboxylic acids is 1. The fourth-order valence-electron chi connectivity index (χ4n) is 2.73. The highest BCUT2D eigenvalue weighted by molar-refractivity contribution is 5.69. The Bertz CT molecular complexity index is 652. The maximum atomic E-state index is 11.7. The van der Waals surface area contributed by atoms with Crippen LogP contribution in [0.5, 0.6) is 0 Å². The zero-order valence-electron chi connectivity index (χ0n) is 13.3. The van der Waals surface area contributed by atoms with Gasteiger partial charge in [-0.15, -0.1) is 0 Å². The van der Waals surface area contributed by atoms with E-state index < -0.39 is 0 Å². The summed E-state index contributed by atoms with van der Waals surface area (Å²) in [6.07, 6.45) is 1.62. The molecule has 2 heterocycles. The molecule has 0 radical (unpaired) electrons. The van der Waals surface area contributed by atoms with E-state index in [4.69, 9.17) is 4.74 Å². The third kappa shape index (κ3) is 3.62. The van der Waals surface area contributed by atoms with E-state index in [2.05, 4.69) is 28.1 Å². The minimum absolute atomic E-state index is 0.224. The van der Waals surface area contributed by atoms with Crippen molar-refractivity contribution in [2.75, 3.05) is 37.7 Å². The summed E-state index contributed by atoms with van der Waals surface area (Å²) in [6, 6.07) is 14.4. The summed E-state index contributed by atoms with van der Waals surface area (Å²) >= 11 is 0. The van der Waals surface area contributed by atoms with Gasteiger partial charge < -0.3 is 14.5 Å². The summed E-state index contributed by atoms with van der Waals surface area (Å²) < 4.78 is 5.05. The molecule has 1 fully saturated rings. The number of amides is 1. The van der Waals surface area contributed by atoms with E-state index in [0.717, 1.165) is 24.5 Å². The van der Waals surface area contributed by atoms with Gasteiger partial charge in [-0.25, -0.2) is 9.78 Å². The first-order valence-electron chi connectivity index (χ1n) is 7.96. The predicted octanol–water partition coefficient (Wildman–Crippen LogP) is 3.03. The molecule has 0 spiro atoms. The molecule has 120 valence electrons. The fourth-order valence-corrected chi connectivity index (χ4v) is 2.73. The molecule has 0 unspecified atom stereocenters. The zero-order chi connectivity index (χ0) is 16.1. The Morgan fingerprint density at radius 2 is 1.83 bits per heavy atom. The van der Waals surface area contributed by atoms with Crippen LogP contribution in [0.15, 0.2) is 48.7 Å². The summed E-state index contributed by atoms with van der Waals surface area (Å²) in [4.78, 5) is 20.2. The first kappa shape index (κ1) is 15.3. The number of carbonyl (C=O) groups is 1. The lowest BCUT2D eigenvalue weighted by atomic mass is 10.1. The number of hydrogen-bond acceptors (Lipinski definition) is 4. The molecule has 0 saturated carbocycles. The molecule has 0 N–H and O–H groups in total. The number of benzene rings is 1. The smallest absolute Gasteiger partial charge is 0.409 e. The molecule has 1 saturated heterocycles. The van der Waals surface area contributed by atoms with Gasteiger partial charge in [0.05, 0.1) is 6.61 Å². The average Bonchev–Trinajstić information content (AvgIpc) is 2.63. The maximum Gasteiger partial charge on any atom is 0.409 e. The molecule has 0 aliphatic carbocycles. The molecular formula is C18H21N3O2. The van der Waals surface area contributed by atoms with Gasteiger partial charge in [0, 0.05) is 32.4 Å². The zero-order valence-corrected chi connectivity index (χ0v) is 13.3. The first-order chi connectivity index (χ1) is 11.3. The normalized spacial score (nSPS) is 14.7. The van der Waals surface area contributed by atoms with Gasteiger partial charge in [-0.05, 0) is 30.2 Å². The molecule has 1 aliphatic heterocycles. The van der Waals surface area contributed by atoms with Crippen LogP contribution in [-0.4, -0.2) is 48.8 Å². The van der Waals surface area contributed by atoms with Gasteiger partial charge in [-0.3, -0.25) is 0 Å². The van der Waals surface area contributed by atoms with Crippen LogP contribution in [0.2, 0.25) is 0 Å². The Morgan fingerprint density at radius 3 is 2.52 bits per heavy atom. The van der Waals surface area contributed by atoms with Crippen LogP contribution in [0.3, 0.4) is 0 Å². The largest absolute Gasteiger partial charge is 0.450 e. The number of nitrogens with zero attached hydrogens (tertiary/aromatic N) is 3. The third-order valence-corrected chi connectivity index (χ3v) is 3.98. The Morgan fingerprint density at radius 1 is 1.09 bits per heavy atom. The second-order valence-electron chi connectivity index (χ2n) is 5.44. The van der Waals surface area contributed by atoms with Crippen LogP contribution >= 0.6 is 0 Å². The van der Waals surface area contributed by atoms with Crippen molar-refractivity contribution < 1.29 is 9.53 Å². The lowest BCUT2D eigenvalue weighted by Gasteiger charge is -2.34. The molecule has 3 rings (SSSR count). The quantitative estimate of drug-likeness (QED) is 0.874. The Hall–Kier alpha value is -2.56. The average molecular weight is 311 g/mol. The molecule has 1 amide bonds. The predicted molar refractivity (Wildman–Crippen MR) is 90.5 cm³/mol. The van der Waals surface area contributed by atoms with E-state index in [1.54, 1.807) is 4.90 Å². The van der Waals surface area contributed by atoms with Crippen LogP contribution in [0.4, 0.5) is 10.6 Å². The van der Waals surface area contributed by atoms with E-state index in [1.165, 1.54) is 5.56 Å². The van der Waals surface area contributed by atoms with Crippen LogP contribution in [0, 0.1) is 0 Å². The molecule has 1 aliphatic rings. The van der Waals surface area contributed by atoms with Crippen molar-refractivity contribution in [3.63, 3.8) is 0 Å². The van der Waals surface area contributed by atoms with Gasteiger partial charge in [0.25, 0.3) is 0 Å². The van der Waals surface area contributed by atoms with Crippen molar-refractivity contribution in [3.8, 4) is 11.1 Å². The second kappa shape index (κ2) is 7.13. The van der Waals surface area contributed by atoms with Gasteiger partial charge in [-0.2, -0.15) is 0 Å². The second-order valence-corrected chi connectivity index (χ2v) is 5.44. The molecule has 0 bridgehead atoms. The summed E-state index contributed by atoms with van der Waals surface area (Å²) in [6.45, 7) is 5.10. The maximum absolute atomic E-state index is 11.7. The summed E-state index contributed by atoms with van der Waals surface area (Å²) in [5.74, 6) is 0.954. The SMILES string of the molecule is CCOC(=O)N1CCN(c2cc(-c3ccccc3)ccn2)CC1. The molecule has 23 heavy (non-hydrogen) atoms. The number of aromatic nitrogens is 1. The van der Waals surface area contributed by atoms with Crippen molar-refractivity contribution in [3.05, 3.63) is 48.7 Å². The number of rotatable bonds is 3. The van der Waals surface area contributed by atoms with Gasteiger partial charge in [0.15, 0.2) is 0 Å². The lowest BCUT2D eigenvalue weighted by Crippen LogP contribution is -2.49. The van der Waals surface area contributed by atoms with Gasteiger partial charge in [0.1, 0.15) is 5.82 Å². The minimum Gasteiger partial charge on any atom is -0.450 e. The minimum atomic E-state index is -0.224. The van der Waals surface area contributed by atoms with Crippen molar-refractivity contribution in [2.45, 2.75) is 6.92 Å². The van der Waals surface area contributed by atoms with E-state index in [9.17, 15) is 4.79 Å². The number of hydrogen-bond donors (Lipinski definition) is 0.